The first-order chi connectivity index (χ1) is 10.6. The van der Waals surface area contributed by atoms with Gasteiger partial charge >= 0.3 is 5.97 Å². The second kappa shape index (κ2) is 6.51. The maximum absolute atomic E-state index is 12.1. The molecular weight excluding hydrogens is 326 g/mol. The molecule has 0 radical (unpaired) electrons. The number of thiazole rings is 2. The minimum atomic E-state index is -1.07. The SMILES string of the molecule is O=C(O)c1csc(CNC(=O)c2cnc(C3CCCO3)s2)n1. The van der Waals surface area contributed by atoms with Gasteiger partial charge in [0.2, 0.25) is 0 Å². The summed E-state index contributed by atoms with van der Waals surface area (Å²) in [6.07, 6.45) is 3.50. The standard InChI is InChI=1S/C13H13N3O4S2/c17-11(14-5-10-16-7(6-21-10)13(18)19)9-4-15-12(22-9)8-2-1-3-20-8/h4,6,8H,1-3,5H2,(H,14,17)(H,18,19). The molecule has 2 N–H and O–H groups in total. The number of nitrogens with one attached hydrogen (secondary N) is 1. The van der Waals surface area contributed by atoms with Gasteiger partial charge in [-0.25, -0.2) is 14.8 Å². The van der Waals surface area contributed by atoms with E-state index in [9.17, 15) is 9.59 Å². The van der Waals surface area contributed by atoms with Crippen LogP contribution >= 0.6 is 22.7 Å². The molecule has 0 aliphatic carbocycles. The highest BCUT2D eigenvalue weighted by Crippen LogP contribution is 2.31. The Morgan fingerprint density at radius 1 is 1.50 bits per heavy atom. The number of aromatic nitrogens is 2. The lowest BCUT2D eigenvalue weighted by molar-refractivity contribution is 0.0691. The van der Waals surface area contributed by atoms with Crippen LogP contribution in [0.3, 0.4) is 0 Å². The second-order valence-electron chi connectivity index (χ2n) is 4.68. The lowest BCUT2D eigenvalue weighted by atomic mass is 10.2. The fourth-order valence-corrected chi connectivity index (χ4v) is 3.67. The summed E-state index contributed by atoms with van der Waals surface area (Å²) in [5.74, 6) is -1.31. The van der Waals surface area contributed by atoms with Gasteiger partial charge in [0.1, 0.15) is 21.0 Å². The average molecular weight is 339 g/mol. The molecular formula is C13H13N3O4S2. The van der Waals surface area contributed by atoms with Crippen molar-refractivity contribution in [3.8, 4) is 0 Å². The molecule has 1 amide bonds. The van der Waals surface area contributed by atoms with Gasteiger partial charge in [0.05, 0.1) is 12.7 Å². The van der Waals surface area contributed by atoms with Crippen LogP contribution in [-0.2, 0) is 11.3 Å². The zero-order valence-corrected chi connectivity index (χ0v) is 13.1. The van der Waals surface area contributed by atoms with Crippen molar-refractivity contribution in [3.05, 3.63) is 32.2 Å². The van der Waals surface area contributed by atoms with Crippen molar-refractivity contribution in [3.63, 3.8) is 0 Å². The summed E-state index contributed by atoms with van der Waals surface area (Å²) in [7, 11) is 0. The highest BCUT2D eigenvalue weighted by atomic mass is 32.1. The van der Waals surface area contributed by atoms with Crippen molar-refractivity contribution in [1.82, 2.24) is 15.3 Å². The number of carbonyl (C=O) groups excluding carboxylic acids is 1. The van der Waals surface area contributed by atoms with E-state index in [0.29, 0.717) is 9.88 Å². The first-order valence-corrected chi connectivity index (χ1v) is 8.36. The molecule has 0 aromatic carbocycles. The summed E-state index contributed by atoms with van der Waals surface area (Å²) < 4.78 is 5.54. The summed E-state index contributed by atoms with van der Waals surface area (Å²) in [6, 6.07) is 0. The average Bonchev–Trinajstić information content (AvgIpc) is 3.23. The third-order valence-electron chi connectivity index (χ3n) is 3.12. The number of amides is 1. The van der Waals surface area contributed by atoms with E-state index in [2.05, 4.69) is 15.3 Å². The van der Waals surface area contributed by atoms with E-state index < -0.39 is 5.97 Å². The number of ether oxygens (including phenoxy) is 1. The first kappa shape index (κ1) is 15.1. The molecule has 0 spiro atoms. The van der Waals surface area contributed by atoms with Crippen LogP contribution in [-0.4, -0.2) is 33.6 Å². The molecule has 0 bridgehead atoms. The van der Waals surface area contributed by atoms with Crippen LogP contribution in [0.5, 0.6) is 0 Å². The number of hydrogen-bond acceptors (Lipinski definition) is 7. The Kier molecular flexibility index (Phi) is 4.46. The number of aromatic carboxylic acids is 1. The van der Waals surface area contributed by atoms with Crippen molar-refractivity contribution in [2.75, 3.05) is 6.61 Å². The number of carboxylic acid groups (broad SMARTS) is 1. The smallest absolute Gasteiger partial charge is 0.355 e. The molecule has 1 aliphatic rings. The maximum atomic E-state index is 12.1. The predicted molar refractivity (Wildman–Crippen MR) is 80.3 cm³/mol. The predicted octanol–water partition coefficient (Wildman–Crippen LogP) is 2.08. The Hall–Kier alpha value is -1.84. The van der Waals surface area contributed by atoms with Gasteiger partial charge in [-0.3, -0.25) is 4.79 Å². The summed E-state index contributed by atoms with van der Waals surface area (Å²) in [5.41, 5.74) is -0.00675. The van der Waals surface area contributed by atoms with E-state index in [4.69, 9.17) is 9.84 Å². The fraction of sp³-hybridized carbons (Fsp3) is 0.385. The van der Waals surface area contributed by atoms with E-state index in [1.54, 1.807) is 6.20 Å². The molecule has 116 valence electrons. The van der Waals surface area contributed by atoms with Crippen LogP contribution < -0.4 is 5.32 Å². The second-order valence-corrected chi connectivity index (χ2v) is 6.68. The number of rotatable bonds is 5. The van der Waals surface area contributed by atoms with Crippen LogP contribution in [0.4, 0.5) is 0 Å². The molecule has 3 heterocycles. The maximum Gasteiger partial charge on any atom is 0.355 e. The minimum absolute atomic E-state index is 0.00337. The van der Waals surface area contributed by atoms with Crippen LogP contribution in [0.25, 0.3) is 0 Å². The van der Waals surface area contributed by atoms with Gasteiger partial charge < -0.3 is 15.2 Å². The number of hydrogen-bond donors (Lipinski definition) is 2. The van der Waals surface area contributed by atoms with Gasteiger partial charge in [-0.05, 0) is 12.8 Å². The molecule has 1 unspecified atom stereocenters. The van der Waals surface area contributed by atoms with E-state index in [0.717, 1.165) is 24.5 Å². The van der Waals surface area contributed by atoms with Crippen LogP contribution in [0.2, 0.25) is 0 Å². The van der Waals surface area contributed by atoms with Crippen molar-refractivity contribution in [2.24, 2.45) is 0 Å². The molecule has 2 aromatic rings. The molecule has 7 nitrogen and oxygen atoms in total. The van der Waals surface area contributed by atoms with Gasteiger partial charge in [-0.1, -0.05) is 0 Å². The summed E-state index contributed by atoms with van der Waals surface area (Å²) in [5, 5.41) is 14.3. The van der Waals surface area contributed by atoms with Crippen molar-refractivity contribution in [1.29, 1.82) is 0 Å². The Morgan fingerprint density at radius 2 is 2.36 bits per heavy atom. The fourth-order valence-electron chi connectivity index (χ4n) is 2.05. The number of carbonyl (C=O) groups is 2. The lowest BCUT2D eigenvalue weighted by Gasteiger charge is -2.03. The summed E-state index contributed by atoms with van der Waals surface area (Å²) in [6.45, 7) is 0.936. The van der Waals surface area contributed by atoms with Crippen molar-refractivity contribution in [2.45, 2.75) is 25.5 Å². The normalized spacial score (nSPS) is 17.5. The zero-order valence-electron chi connectivity index (χ0n) is 11.4. The molecule has 1 fully saturated rings. The summed E-state index contributed by atoms with van der Waals surface area (Å²) >= 11 is 2.53. The van der Waals surface area contributed by atoms with E-state index in [1.165, 1.54) is 28.1 Å². The highest BCUT2D eigenvalue weighted by molar-refractivity contribution is 7.13. The van der Waals surface area contributed by atoms with Crippen LogP contribution in [0, 0.1) is 0 Å². The lowest BCUT2D eigenvalue weighted by Crippen LogP contribution is -2.21. The Morgan fingerprint density at radius 3 is 3.05 bits per heavy atom. The molecule has 9 heteroatoms. The van der Waals surface area contributed by atoms with Crippen molar-refractivity contribution >= 4 is 34.6 Å². The monoisotopic (exact) mass is 339 g/mol. The van der Waals surface area contributed by atoms with E-state index in [-0.39, 0.29) is 24.2 Å². The molecule has 3 rings (SSSR count). The third kappa shape index (κ3) is 3.32. The molecule has 1 saturated heterocycles. The first-order valence-electron chi connectivity index (χ1n) is 6.66. The van der Waals surface area contributed by atoms with Crippen LogP contribution in [0.15, 0.2) is 11.6 Å². The molecule has 1 aliphatic heterocycles. The van der Waals surface area contributed by atoms with Gasteiger partial charge in [0.15, 0.2) is 5.69 Å². The Balaban J connectivity index is 1.58. The van der Waals surface area contributed by atoms with E-state index >= 15 is 0 Å². The zero-order chi connectivity index (χ0) is 15.5. The third-order valence-corrected chi connectivity index (χ3v) is 5.06. The number of carboxylic acids is 1. The largest absolute Gasteiger partial charge is 0.476 e. The summed E-state index contributed by atoms with van der Waals surface area (Å²) in [4.78, 5) is 31.5. The molecule has 0 saturated carbocycles. The molecule has 2 aromatic heterocycles. The van der Waals surface area contributed by atoms with E-state index in [1.807, 2.05) is 0 Å². The van der Waals surface area contributed by atoms with Crippen LogP contribution in [0.1, 0.15) is 49.1 Å². The number of nitrogens with zero attached hydrogens (tertiary/aromatic N) is 2. The van der Waals surface area contributed by atoms with Gasteiger partial charge in [0, 0.05) is 12.0 Å². The Labute approximate surface area is 134 Å². The molecule has 1 atom stereocenters. The van der Waals surface area contributed by atoms with Gasteiger partial charge in [0.25, 0.3) is 5.91 Å². The highest BCUT2D eigenvalue weighted by Gasteiger charge is 2.22. The quantitative estimate of drug-likeness (QED) is 0.865. The molecule has 22 heavy (non-hydrogen) atoms. The topological polar surface area (TPSA) is 101 Å². The Bertz CT molecular complexity index is 691. The van der Waals surface area contributed by atoms with Gasteiger partial charge in [-0.2, -0.15) is 0 Å². The van der Waals surface area contributed by atoms with Crippen molar-refractivity contribution < 1.29 is 19.4 Å². The van der Waals surface area contributed by atoms with Gasteiger partial charge in [-0.15, -0.1) is 22.7 Å². The minimum Gasteiger partial charge on any atom is -0.476 e.